The van der Waals surface area contributed by atoms with Gasteiger partial charge in [-0.25, -0.2) is 19.6 Å². The topological polar surface area (TPSA) is 108 Å². The molecule has 3 aliphatic rings. The zero-order chi connectivity index (χ0) is 32.2. The Bertz CT molecular complexity index is 1390. The van der Waals surface area contributed by atoms with Gasteiger partial charge >= 0.3 is 12.2 Å². The average Bonchev–Trinajstić information content (AvgIpc) is 3.50. The third kappa shape index (κ3) is 7.45. The lowest BCUT2D eigenvalue weighted by molar-refractivity contribution is -0.160. The molecule has 0 bridgehead atoms. The van der Waals surface area contributed by atoms with Crippen LogP contribution < -0.4 is 0 Å². The highest BCUT2D eigenvalue weighted by Crippen LogP contribution is 2.49. The van der Waals surface area contributed by atoms with Crippen LogP contribution >= 0.6 is 27.5 Å². The van der Waals surface area contributed by atoms with E-state index in [1.54, 1.807) is 9.80 Å². The third-order valence-corrected chi connectivity index (χ3v) is 9.07. The predicted octanol–water partition coefficient (Wildman–Crippen LogP) is 6.81. The Labute approximate surface area is 273 Å². The Morgan fingerprint density at radius 1 is 1.09 bits per heavy atom. The molecular weight excluding hydrogens is 654 g/mol. The lowest BCUT2D eigenvalue weighted by Crippen LogP contribution is -2.48. The average molecular weight is 699 g/mol. The van der Waals surface area contributed by atoms with E-state index in [4.69, 9.17) is 30.5 Å². The van der Waals surface area contributed by atoms with Gasteiger partial charge in [0.25, 0.3) is 0 Å². The first kappa shape index (κ1) is 33.2. The van der Waals surface area contributed by atoms with Crippen molar-refractivity contribution in [2.75, 3.05) is 26.2 Å². The maximum absolute atomic E-state index is 13.7. The van der Waals surface area contributed by atoms with E-state index < -0.39 is 17.0 Å². The van der Waals surface area contributed by atoms with Gasteiger partial charge in [0.15, 0.2) is 5.79 Å². The summed E-state index contributed by atoms with van der Waals surface area (Å²) in [5, 5.41) is 1.12. The van der Waals surface area contributed by atoms with Crippen molar-refractivity contribution >= 4 is 50.8 Å². The Kier molecular flexibility index (Phi) is 9.23. The molecule has 1 saturated carbocycles. The van der Waals surface area contributed by atoms with Crippen LogP contribution in [0.2, 0.25) is 5.15 Å². The number of carbonyl (C=O) groups is 2. The predicted molar refractivity (Wildman–Crippen MR) is 170 cm³/mol. The minimum absolute atomic E-state index is 0.0432. The normalized spacial score (nSPS) is 27.0. The first-order valence-electron chi connectivity index (χ1n) is 15.4. The standard InChI is InChI=1S/C31H45BrClN5O6/c1-29(2,3)43-27(39)36-11-9-10-18(13-36)14-37(28(40)44-30(4,5)6)15-19-12-21(24-23(19)41-31(7,8)42-24)38-16-20(32)22-25(33)34-17-35-26(22)38/h16-19,21,23-24H,9-15H2,1-8H3/t18-,19-,21-,23-,24+/m1/s1. The van der Waals surface area contributed by atoms with Crippen molar-refractivity contribution < 1.29 is 28.5 Å². The molecule has 2 aromatic rings. The van der Waals surface area contributed by atoms with Gasteiger partial charge in [0.05, 0.1) is 17.5 Å². The molecule has 13 heteroatoms. The van der Waals surface area contributed by atoms with E-state index in [0.29, 0.717) is 43.4 Å². The second-order valence-corrected chi connectivity index (χ2v) is 15.9. The SMILES string of the molecule is CC(C)(C)OC(=O)N1CCC[C@@H](CN(C[C@H]2C[C@@H](n3cc(Br)c4c(Cl)ncnc43)[C@@H]3OC(C)(C)O[C@H]23)C(=O)OC(C)(C)C)C1. The van der Waals surface area contributed by atoms with Crippen LogP contribution in [0.3, 0.4) is 0 Å². The van der Waals surface area contributed by atoms with Gasteiger partial charge in [-0.3, -0.25) is 0 Å². The summed E-state index contributed by atoms with van der Waals surface area (Å²) in [7, 11) is 0. The summed E-state index contributed by atoms with van der Waals surface area (Å²) in [5.74, 6) is -0.747. The van der Waals surface area contributed by atoms with Gasteiger partial charge in [0.2, 0.25) is 0 Å². The number of piperidine rings is 1. The zero-order valence-corrected chi connectivity index (χ0v) is 29.3. The Balaban J connectivity index is 1.39. The van der Waals surface area contributed by atoms with Crippen LogP contribution in [0.5, 0.6) is 0 Å². The van der Waals surface area contributed by atoms with Gasteiger partial charge in [-0.2, -0.15) is 0 Å². The highest BCUT2D eigenvalue weighted by Gasteiger charge is 2.55. The molecule has 2 saturated heterocycles. The number of amides is 2. The van der Waals surface area contributed by atoms with Crippen molar-refractivity contribution in [3.05, 3.63) is 22.1 Å². The summed E-state index contributed by atoms with van der Waals surface area (Å²) in [4.78, 5) is 38.8. The Hall–Kier alpha value is -2.15. The smallest absolute Gasteiger partial charge is 0.410 e. The summed E-state index contributed by atoms with van der Waals surface area (Å²) in [6, 6.07) is -0.107. The van der Waals surface area contributed by atoms with Crippen molar-refractivity contribution in [1.82, 2.24) is 24.3 Å². The van der Waals surface area contributed by atoms with Crippen molar-refractivity contribution in [2.24, 2.45) is 11.8 Å². The first-order chi connectivity index (χ1) is 20.4. The molecule has 2 aromatic heterocycles. The molecule has 0 radical (unpaired) electrons. The number of nitrogens with zero attached hydrogens (tertiary/aromatic N) is 5. The van der Waals surface area contributed by atoms with E-state index in [9.17, 15) is 9.59 Å². The second kappa shape index (κ2) is 12.2. The quantitative estimate of drug-likeness (QED) is 0.314. The fraction of sp³-hybridized carbons (Fsp3) is 0.742. The minimum atomic E-state index is -0.785. The highest BCUT2D eigenvalue weighted by molar-refractivity contribution is 9.10. The number of rotatable bonds is 5. The number of hydrogen-bond donors (Lipinski definition) is 0. The van der Waals surface area contributed by atoms with E-state index in [0.717, 1.165) is 22.7 Å². The van der Waals surface area contributed by atoms with Gasteiger partial charge < -0.3 is 33.3 Å². The van der Waals surface area contributed by atoms with Crippen LogP contribution in [0.15, 0.2) is 17.0 Å². The summed E-state index contributed by atoms with van der Waals surface area (Å²) >= 11 is 10.1. The van der Waals surface area contributed by atoms with Gasteiger partial charge in [0.1, 0.15) is 34.4 Å². The minimum Gasteiger partial charge on any atom is -0.444 e. The monoisotopic (exact) mass is 697 g/mol. The number of likely N-dealkylation sites (tertiary alicyclic amines) is 1. The molecule has 244 valence electrons. The van der Waals surface area contributed by atoms with Crippen molar-refractivity contribution in [3.63, 3.8) is 0 Å². The number of carbonyl (C=O) groups excluding carboxylic acids is 2. The molecule has 5 rings (SSSR count). The Morgan fingerprint density at radius 3 is 2.45 bits per heavy atom. The molecule has 3 fully saturated rings. The Morgan fingerprint density at radius 2 is 1.77 bits per heavy atom. The van der Waals surface area contributed by atoms with Crippen LogP contribution in [0, 0.1) is 11.8 Å². The van der Waals surface area contributed by atoms with Gasteiger partial charge in [-0.15, -0.1) is 0 Å². The van der Waals surface area contributed by atoms with Crippen molar-refractivity contribution in [3.8, 4) is 0 Å². The van der Waals surface area contributed by atoms with E-state index in [2.05, 4.69) is 30.5 Å². The number of hydrogen-bond acceptors (Lipinski definition) is 8. The number of halogens is 2. The van der Waals surface area contributed by atoms with Crippen LogP contribution in [0.25, 0.3) is 11.0 Å². The van der Waals surface area contributed by atoms with E-state index in [-0.39, 0.29) is 42.3 Å². The van der Waals surface area contributed by atoms with Crippen LogP contribution in [-0.4, -0.2) is 91.9 Å². The molecule has 11 nitrogen and oxygen atoms in total. The van der Waals surface area contributed by atoms with Gasteiger partial charge in [-0.05, 0) is 96.5 Å². The molecule has 44 heavy (non-hydrogen) atoms. The zero-order valence-electron chi connectivity index (χ0n) is 26.9. The largest absolute Gasteiger partial charge is 0.444 e. The summed E-state index contributed by atoms with van der Waals surface area (Å²) in [5.41, 5.74) is -0.518. The third-order valence-electron chi connectivity index (χ3n) is 8.18. The van der Waals surface area contributed by atoms with Crippen LogP contribution in [0.1, 0.15) is 80.7 Å². The van der Waals surface area contributed by atoms with Gasteiger partial charge in [0, 0.05) is 42.8 Å². The van der Waals surface area contributed by atoms with E-state index in [1.165, 1.54) is 6.33 Å². The first-order valence-corrected chi connectivity index (χ1v) is 16.6. The molecule has 0 aromatic carbocycles. The lowest BCUT2D eigenvalue weighted by atomic mass is 9.96. The molecule has 0 N–H and O–H groups in total. The van der Waals surface area contributed by atoms with Gasteiger partial charge in [-0.1, -0.05) is 11.6 Å². The molecular formula is C31H45BrClN5O6. The number of aromatic nitrogens is 3. The highest BCUT2D eigenvalue weighted by atomic mass is 79.9. The molecule has 4 heterocycles. The van der Waals surface area contributed by atoms with E-state index in [1.807, 2.05) is 61.6 Å². The van der Waals surface area contributed by atoms with E-state index >= 15 is 0 Å². The molecule has 2 amide bonds. The second-order valence-electron chi connectivity index (χ2n) is 14.7. The molecule has 1 aliphatic carbocycles. The number of ether oxygens (including phenoxy) is 4. The fourth-order valence-electron chi connectivity index (χ4n) is 6.62. The van der Waals surface area contributed by atoms with Crippen LogP contribution in [-0.2, 0) is 18.9 Å². The summed E-state index contributed by atoms with van der Waals surface area (Å²) in [6.45, 7) is 17.1. The lowest BCUT2D eigenvalue weighted by Gasteiger charge is -2.37. The fourth-order valence-corrected chi connectivity index (χ4v) is 7.55. The molecule has 0 spiro atoms. The summed E-state index contributed by atoms with van der Waals surface area (Å²) < 4.78 is 27.4. The molecule has 0 unspecified atom stereocenters. The molecule has 2 aliphatic heterocycles. The van der Waals surface area contributed by atoms with Crippen molar-refractivity contribution in [1.29, 1.82) is 0 Å². The number of fused-ring (bicyclic) bond motifs is 2. The maximum Gasteiger partial charge on any atom is 0.410 e. The van der Waals surface area contributed by atoms with Crippen LogP contribution in [0.4, 0.5) is 9.59 Å². The summed E-state index contributed by atoms with van der Waals surface area (Å²) in [6.07, 6.45) is 4.66. The van der Waals surface area contributed by atoms with Crippen molar-refractivity contribution in [2.45, 2.75) is 110 Å². The maximum atomic E-state index is 13.7. The molecule has 5 atom stereocenters.